The van der Waals surface area contributed by atoms with Crippen LogP contribution < -0.4 is 0 Å². The molecule has 21 heavy (non-hydrogen) atoms. The highest BCUT2D eigenvalue weighted by atomic mass is 32.2. The Kier molecular flexibility index (Phi) is 4.63. The van der Waals surface area contributed by atoms with E-state index in [2.05, 4.69) is 11.8 Å². The molecule has 7 heteroatoms. The molecule has 1 N–H and O–H groups in total. The minimum Gasteiger partial charge on any atom is -0.384 e. The van der Waals surface area contributed by atoms with Gasteiger partial charge in [-0.05, 0) is 24.3 Å². The van der Waals surface area contributed by atoms with Crippen molar-refractivity contribution in [2.45, 2.75) is 4.90 Å². The highest BCUT2D eigenvalue weighted by molar-refractivity contribution is 7.89. The van der Waals surface area contributed by atoms with Gasteiger partial charge in [0.15, 0.2) is 0 Å². The van der Waals surface area contributed by atoms with Gasteiger partial charge in [0.1, 0.15) is 6.61 Å². The number of amides is 1. The van der Waals surface area contributed by atoms with Crippen LogP contribution in [0, 0.1) is 11.8 Å². The topological polar surface area (TPSA) is 77.9 Å². The number of rotatable bonds is 2. The van der Waals surface area contributed by atoms with Crippen molar-refractivity contribution in [3.8, 4) is 11.8 Å². The summed E-state index contributed by atoms with van der Waals surface area (Å²) >= 11 is 0. The minimum absolute atomic E-state index is 0.134. The van der Waals surface area contributed by atoms with Crippen LogP contribution in [0.1, 0.15) is 5.56 Å². The molecule has 0 atom stereocenters. The van der Waals surface area contributed by atoms with Crippen molar-refractivity contribution in [1.82, 2.24) is 9.21 Å². The largest absolute Gasteiger partial charge is 0.384 e. The molecule has 1 saturated heterocycles. The maximum Gasteiger partial charge on any atom is 0.243 e. The second kappa shape index (κ2) is 6.26. The average Bonchev–Trinajstić information content (AvgIpc) is 2.48. The molecule has 1 fully saturated rings. The molecule has 112 valence electrons. The number of hydrogen-bond donors (Lipinski definition) is 1. The van der Waals surface area contributed by atoms with Gasteiger partial charge in [0, 0.05) is 25.7 Å². The number of aliphatic hydroxyl groups is 1. The summed E-state index contributed by atoms with van der Waals surface area (Å²) in [5.41, 5.74) is 0.623. The smallest absolute Gasteiger partial charge is 0.243 e. The lowest BCUT2D eigenvalue weighted by Crippen LogP contribution is -2.50. The minimum atomic E-state index is -3.67. The zero-order chi connectivity index (χ0) is 15.5. The van der Waals surface area contributed by atoms with E-state index in [1.54, 1.807) is 19.2 Å². The highest BCUT2D eigenvalue weighted by Crippen LogP contribution is 2.18. The Morgan fingerprint density at radius 1 is 1.24 bits per heavy atom. The first-order chi connectivity index (χ1) is 9.95. The molecule has 0 spiro atoms. The molecule has 1 aromatic rings. The number of piperazine rings is 1. The van der Waals surface area contributed by atoms with Gasteiger partial charge < -0.3 is 10.0 Å². The molecular formula is C14H16N2O4S. The number of hydrogen-bond acceptors (Lipinski definition) is 4. The molecule has 0 unspecified atom stereocenters. The number of carbonyl (C=O) groups excluding carboxylic acids is 1. The van der Waals surface area contributed by atoms with E-state index in [4.69, 9.17) is 5.11 Å². The Hall–Kier alpha value is -1.88. The Balaban J connectivity index is 2.21. The van der Waals surface area contributed by atoms with Gasteiger partial charge in [-0.25, -0.2) is 8.42 Å². The van der Waals surface area contributed by atoms with Gasteiger partial charge in [0.2, 0.25) is 15.9 Å². The van der Waals surface area contributed by atoms with Crippen molar-refractivity contribution in [3.05, 3.63) is 29.8 Å². The first-order valence-corrected chi connectivity index (χ1v) is 7.83. The summed E-state index contributed by atoms with van der Waals surface area (Å²) in [7, 11) is -2.01. The van der Waals surface area contributed by atoms with Crippen LogP contribution in [-0.4, -0.2) is 61.9 Å². The summed E-state index contributed by atoms with van der Waals surface area (Å²) in [5.74, 6) is 4.98. The standard InChI is InChI=1S/C14H16N2O4S/c1-15-8-9-16(11-14(15)18)21(19,20)13-6-4-12(5-7-13)3-2-10-17/h4-7,17H,8-11H2,1H3. The fourth-order valence-electron chi connectivity index (χ4n) is 1.94. The molecule has 2 rings (SSSR count). The molecule has 1 amide bonds. The molecular weight excluding hydrogens is 292 g/mol. The molecule has 1 aliphatic heterocycles. The zero-order valence-corrected chi connectivity index (χ0v) is 12.4. The second-order valence-corrected chi connectivity index (χ2v) is 6.58. The summed E-state index contributed by atoms with van der Waals surface area (Å²) in [6.07, 6.45) is 0. The number of aliphatic hydroxyl groups excluding tert-OH is 1. The van der Waals surface area contributed by atoms with Crippen LogP contribution in [-0.2, 0) is 14.8 Å². The third-order valence-corrected chi connectivity index (χ3v) is 5.09. The lowest BCUT2D eigenvalue weighted by molar-refractivity contribution is -0.132. The lowest BCUT2D eigenvalue weighted by Gasteiger charge is -2.31. The van der Waals surface area contributed by atoms with Crippen LogP contribution in [0.4, 0.5) is 0 Å². The van der Waals surface area contributed by atoms with E-state index in [0.29, 0.717) is 12.1 Å². The Morgan fingerprint density at radius 3 is 2.48 bits per heavy atom. The van der Waals surface area contributed by atoms with E-state index in [1.807, 2.05) is 0 Å². The van der Waals surface area contributed by atoms with Crippen LogP contribution in [0.2, 0.25) is 0 Å². The molecule has 0 radical (unpaired) electrons. The average molecular weight is 308 g/mol. The third-order valence-electron chi connectivity index (χ3n) is 3.23. The molecule has 0 saturated carbocycles. The van der Waals surface area contributed by atoms with Gasteiger partial charge in [-0.3, -0.25) is 4.79 Å². The van der Waals surface area contributed by atoms with Gasteiger partial charge in [-0.15, -0.1) is 0 Å². The van der Waals surface area contributed by atoms with E-state index < -0.39 is 10.0 Å². The van der Waals surface area contributed by atoms with E-state index in [-0.39, 0.29) is 30.5 Å². The zero-order valence-electron chi connectivity index (χ0n) is 11.6. The SMILES string of the molecule is CN1CCN(S(=O)(=O)c2ccc(C#CCO)cc2)CC1=O. The van der Waals surface area contributed by atoms with Gasteiger partial charge >= 0.3 is 0 Å². The Morgan fingerprint density at radius 2 is 1.90 bits per heavy atom. The lowest BCUT2D eigenvalue weighted by atomic mass is 10.2. The molecule has 0 bridgehead atoms. The van der Waals surface area contributed by atoms with Crippen molar-refractivity contribution in [2.24, 2.45) is 0 Å². The van der Waals surface area contributed by atoms with Crippen molar-refractivity contribution >= 4 is 15.9 Å². The summed E-state index contributed by atoms with van der Waals surface area (Å²) < 4.78 is 26.1. The fourth-order valence-corrected chi connectivity index (χ4v) is 3.32. The van der Waals surface area contributed by atoms with Crippen molar-refractivity contribution in [2.75, 3.05) is 33.3 Å². The van der Waals surface area contributed by atoms with Gasteiger partial charge in [-0.2, -0.15) is 4.31 Å². The quantitative estimate of drug-likeness (QED) is 0.747. The van der Waals surface area contributed by atoms with Crippen LogP contribution in [0.3, 0.4) is 0 Å². The van der Waals surface area contributed by atoms with Crippen molar-refractivity contribution in [1.29, 1.82) is 0 Å². The van der Waals surface area contributed by atoms with Crippen LogP contribution in [0.25, 0.3) is 0 Å². The van der Waals surface area contributed by atoms with Gasteiger partial charge in [-0.1, -0.05) is 11.8 Å². The van der Waals surface area contributed by atoms with Crippen LogP contribution >= 0.6 is 0 Å². The highest BCUT2D eigenvalue weighted by Gasteiger charge is 2.31. The Labute approximate surface area is 124 Å². The van der Waals surface area contributed by atoms with Crippen LogP contribution in [0.15, 0.2) is 29.2 Å². The molecule has 1 aromatic carbocycles. The summed E-state index contributed by atoms with van der Waals surface area (Å²) in [5, 5.41) is 8.62. The van der Waals surface area contributed by atoms with E-state index in [9.17, 15) is 13.2 Å². The maximum absolute atomic E-state index is 12.4. The summed E-state index contributed by atoms with van der Waals surface area (Å²) in [6, 6.07) is 6.07. The molecule has 0 aromatic heterocycles. The maximum atomic E-state index is 12.4. The third kappa shape index (κ3) is 3.42. The normalized spacial score (nSPS) is 16.5. The summed E-state index contributed by atoms with van der Waals surface area (Å²) in [4.78, 5) is 13.3. The number of likely N-dealkylation sites (N-methyl/N-ethyl adjacent to an activating group) is 1. The number of nitrogens with zero attached hydrogens (tertiary/aromatic N) is 2. The van der Waals surface area contributed by atoms with Crippen molar-refractivity contribution < 1.29 is 18.3 Å². The second-order valence-electron chi connectivity index (χ2n) is 4.64. The number of benzene rings is 1. The molecule has 0 aliphatic carbocycles. The Bertz CT molecular complexity index is 686. The van der Waals surface area contributed by atoms with Crippen molar-refractivity contribution in [3.63, 3.8) is 0 Å². The number of sulfonamides is 1. The van der Waals surface area contributed by atoms with E-state index in [0.717, 1.165) is 0 Å². The van der Waals surface area contributed by atoms with Crippen LogP contribution in [0.5, 0.6) is 0 Å². The fraction of sp³-hybridized carbons (Fsp3) is 0.357. The van der Waals surface area contributed by atoms with E-state index in [1.165, 1.54) is 21.3 Å². The predicted molar refractivity (Wildman–Crippen MR) is 76.8 cm³/mol. The number of carbonyl (C=O) groups is 1. The predicted octanol–water partition coefficient (Wildman–Crippen LogP) is -0.507. The first kappa shape index (κ1) is 15.5. The molecule has 1 heterocycles. The van der Waals surface area contributed by atoms with Gasteiger partial charge in [0.05, 0.1) is 11.4 Å². The summed E-state index contributed by atoms with van der Waals surface area (Å²) in [6.45, 7) is 0.295. The van der Waals surface area contributed by atoms with E-state index >= 15 is 0 Å². The monoisotopic (exact) mass is 308 g/mol. The molecule has 1 aliphatic rings. The first-order valence-electron chi connectivity index (χ1n) is 6.39. The molecule has 6 nitrogen and oxygen atoms in total. The van der Waals surface area contributed by atoms with Gasteiger partial charge in [0.25, 0.3) is 0 Å².